The van der Waals surface area contributed by atoms with E-state index in [1.165, 1.54) is 12.8 Å². The van der Waals surface area contributed by atoms with Gasteiger partial charge in [0.2, 0.25) is 0 Å². The number of piperidine rings is 1. The highest BCUT2D eigenvalue weighted by Gasteiger charge is 2.23. The van der Waals surface area contributed by atoms with Crippen LogP contribution in [0.25, 0.3) is 0 Å². The summed E-state index contributed by atoms with van der Waals surface area (Å²) in [5.74, 6) is 0.746. The molecule has 1 saturated heterocycles. The lowest BCUT2D eigenvalue weighted by Crippen LogP contribution is -2.44. The van der Waals surface area contributed by atoms with E-state index in [1.807, 2.05) is 13.8 Å². The summed E-state index contributed by atoms with van der Waals surface area (Å²) in [5, 5.41) is 9.72. The third-order valence-corrected chi connectivity index (χ3v) is 2.79. The monoisotopic (exact) mass is 200 g/mol. The Morgan fingerprint density at radius 3 is 2.79 bits per heavy atom. The fourth-order valence-corrected chi connectivity index (χ4v) is 2.31. The van der Waals surface area contributed by atoms with E-state index in [0.29, 0.717) is 0 Å². The summed E-state index contributed by atoms with van der Waals surface area (Å²) in [4.78, 5) is 2.36. The second-order valence-corrected chi connectivity index (χ2v) is 5.13. The average Bonchev–Trinajstić information content (AvgIpc) is 2.02. The van der Waals surface area contributed by atoms with Gasteiger partial charge in [0.05, 0.1) is 5.60 Å². The molecule has 0 aromatic carbocycles. The smallest absolute Gasteiger partial charge is 0.0718 e. The van der Waals surface area contributed by atoms with Crippen molar-refractivity contribution >= 4 is 0 Å². The summed E-state index contributed by atoms with van der Waals surface area (Å²) in [6.45, 7) is 7.57. The zero-order valence-electron chi connectivity index (χ0n) is 9.50. The van der Waals surface area contributed by atoms with Crippen LogP contribution in [0, 0.1) is 5.92 Å². The van der Waals surface area contributed by atoms with Gasteiger partial charge < -0.3 is 15.7 Å². The summed E-state index contributed by atoms with van der Waals surface area (Å²) in [6.07, 6.45) is 3.68. The Bertz CT molecular complexity index is 163. The molecule has 1 atom stereocenters. The van der Waals surface area contributed by atoms with Crippen molar-refractivity contribution in [2.24, 2.45) is 11.7 Å². The van der Waals surface area contributed by atoms with Crippen LogP contribution >= 0.6 is 0 Å². The van der Waals surface area contributed by atoms with Gasteiger partial charge in [-0.05, 0) is 52.1 Å². The normalized spacial score (nSPS) is 25.3. The molecule has 3 heteroatoms. The molecular weight excluding hydrogens is 176 g/mol. The highest BCUT2D eigenvalue weighted by Crippen LogP contribution is 2.20. The summed E-state index contributed by atoms with van der Waals surface area (Å²) >= 11 is 0. The van der Waals surface area contributed by atoms with Crippen molar-refractivity contribution in [3.63, 3.8) is 0 Å². The van der Waals surface area contributed by atoms with Gasteiger partial charge in [0, 0.05) is 13.1 Å². The molecule has 1 aliphatic heterocycles. The second kappa shape index (κ2) is 5.10. The SMILES string of the molecule is CC(C)(O)CN1CCCC(CCN)C1. The van der Waals surface area contributed by atoms with Gasteiger partial charge in [0.1, 0.15) is 0 Å². The van der Waals surface area contributed by atoms with E-state index in [-0.39, 0.29) is 0 Å². The van der Waals surface area contributed by atoms with Crippen LogP contribution < -0.4 is 5.73 Å². The lowest BCUT2D eigenvalue weighted by atomic mass is 9.94. The van der Waals surface area contributed by atoms with E-state index in [1.54, 1.807) is 0 Å². The highest BCUT2D eigenvalue weighted by atomic mass is 16.3. The maximum Gasteiger partial charge on any atom is 0.0718 e. The minimum Gasteiger partial charge on any atom is -0.389 e. The number of hydrogen-bond acceptors (Lipinski definition) is 3. The molecule has 3 nitrogen and oxygen atoms in total. The predicted octanol–water partition coefficient (Wildman–Crippen LogP) is 0.818. The summed E-state index contributed by atoms with van der Waals surface area (Å²) < 4.78 is 0. The van der Waals surface area contributed by atoms with Crippen LogP contribution in [0.3, 0.4) is 0 Å². The molecule has 0 aromatic heterocycles. The van der Waals surface area contributed by atoms with Gasteiger partial charge in [-0.1, -0.05) is 0 Å². The molecule has 14 heavy (non-hydrogen) atoms. The van der Waals surface area contributed by atoms with Gasteiger partial charge in [0.15, 0.2) is 0 Å². The lowest BCUT2D eigenvalue weighted by molar-refractivity contribution is 0.0211. The van der Waals surface area contributed by atoms with Crippen LogP contribution in [-0.4, -0.2) is 41.8 Å². The number of likely N-dealkylation sites (tertiary alicyclic amines) is 1. The van der Waals surface area contributed by atoms with Crippen LogP contribution in [0.4, 0.5) is 0 Å². The molecule has 0 saturated carbocycles. The van der Waals surface area contributed by atoms with Gasteiger partial charge in [-0.25, -0.2) is 0 Å². The highest BCUT2D eigenvalue weighted by molar-refractivity contribution is 4.78. The first kappa shape index (κ1) is 12.0. The zero-order valence-corrected chi connectivity index (χ0v) is 9.50. The number of hydrogen-bond donors (Lipinski definition) is 2. The van der Waals surface area contributed by atoms with Crippen molar-refractivity contribution in [1.82, 2.24) is 4.90 Å². The molecule has 1 rings (SSSR count). The van der Waals surface area contributed by atoms with E-state index in [4.69, 9.17) is 5.73 Å². The Morgan fingerprint density at radius 2 is 2.21 bits per heavy atom. The molecular formula is C11H24N2O. The molecule has 0 radical (unpaired) electrons. The Morgan fingerprint density at radius 1 is 1.50 bits per heavy atom. The van der Waals surface area contributed by atoms with Crippen molar-refractivity contribution in [1.29, 1.82) is 0 Å². The number of aliphatic hydroxyl groups is 1. The van der Waals surface area contributed by atoms with Gasteiger partial charge in [0.25, 0.3) is 0 Å². The van der Waals surface area contributed by atoms with Crippen molar-refractivity contribution in [2.75, 3.05) is 26.2 Å². The number of β-amino-alcohol motifs (C(OH)–C–C–N with tert-alkyl or cyclic N) is 1. The first-order valence-corrected chi connectivity index (χ1v) is 5.66. The third-order valence-electron chi connectivity index (χ3n) is 2.79. The third kappa shape index (κ3) is 4.40. The van der Waals surface area contributed by atoms with Crippen molar-refractivity contribution in [2.45, 2.75) is 38.7 Å². The number of nitrogens with two attached hydrogens (primary N) is 1. The molecule has 1 unspecified atom stereocenters. The molecule has 1 heterocycles. The minimum absolute atomic E-state index is 0.565. The van der Waals surface area contributed by atoms with Crippen LogP contribution in [0.1, 0.15) is 33.1 Å². The fourth-order valence-electron chi connectivity index (χ4n) is 2.31. The van der Waals surface area contributed by atoms with E-state index < -0.39 is 5.60 Å². The van der Waals surface area contributed by atoms with Gasteiger partial charge in [-0.3, -0.25) is 0 Å². The van der Waals surface area contributed by atoms with E-state index in [2.05, 4.69) is 4.90 Å². The Kier molecular flexibility index (Phi) is 4.35. The fraction of sp³-hybridized carbons (Fsp3) is 1.00. The summed E-state index contributed by atoms with van der Waals surface area (Å²) in [5.41, 5.74) is 5.00. The average molecular weight is 200 g/mol. The van der Waals surface area contributed by atoms with Crippen molar-refractivity contribution in [3.05, 3.63) is 0 Å². The Hall–Kier alpha value is -0.120. The number of rotatable bonds is 4. The molecule has 84 valence electrons. The van der Waals surface area contributed by atoms with E-state index in [9.17, 15) is 5.11 Å². The Labute approximate surface area is 87.3 Å². The zero-order chi connectivity index (χ0) is 10.6. The maximum absolute atomic E-state index is 9.72. The standard InChI is InChI=1S/C11H24N2O/c1-11(2,14)9-13-7-3-4-10(8-13)5-6-12/h10,14H,3-9,12H2,1-2H3. The minimum atomic E-state index is -0.565. The first-order valence-electron chi connectivity index (χ1n) is 5.66. The maximum atomic E-state index is 9.72. The van der Waals surface area contributed by atoms with Crippen LogP contribution in [0.2, 0.25) is 0 Å². The molecule has 1 aliphatic rings. The van der Waals surface area contributed by atoms with Crippen LogP contribution in [0.15, 0.2) is 0 Å². The second-order valence-electron chi connectivity index (χ2n) is 5.13. The molecule has 0 spiro atoms. The Balaban J connectivity index is 2.32. The van der Waals surface area contributed by atoms with Crippen molar-refractivity contribution in [3.8, 4) is 0 Å². The van der Waals surface area contributed by atoms with Gasteiger partial charge >= 0.3 is 0 Å². The van der Waals surface area contributed by atoms with Crippen LogP contribution in [-0.2, 0) is 0 Å². The summed E-state index contributed by atoms with van der Waals surface area (Å²) in [6, 6.07) is 0. The molecule has 0 bridgehead atoms. The molecule has 0 amide bonds. The largest absolute Gasteiger partial charge is 0.389 e. The number of nitrogens with zero attached hydrogens (tertiary/aromatic N) is 1. The van der Waals surface area contributed by atoms with Crippen molar-refractivity contribution < 1.29 is 5.11 Å². The topological polar surface area (TPSA) is 49.5 Å². The van der Waals surface area contributed by atoms with Gasteiger partial charge in [-0.2, -0.15) is 0 Å². The predicted molar refractivity (Wildman–Crippen MR) is 59.1 cm³/mol. The van der Waals surface area contributed by atoms with Crippen LogP contribution in [0.5, 0.6) is 0 Å². The molecule has 0 aromatic rings. The molecule has 0 aliphatic carbocycles. The lowest BCUT2D eigenvalue weighted by Gasteiger charge is -2.35. The quantitative estimate of drug-likeness (QED) is 0.706. The summed E-state index contributed by atoms with van der Waals surface area (Å²) in [7, 11) is 0. The van der Waals surface area contributed by atoms with E-state index >= 15 is 0 Å². The van der Waals surface area contributed by atoms with Gasteiger partial charge in [-0.15, -0.1) is 0 Å². The molecule has 3 N–H and O–H groups in total. The molecule has 1 fully saturated rings. The van der Waals surface area contributed by atoms with E-state index in [0.717, 1.165) is 38.5 Å². The first-order chi connectivity index (χ1) is 6.51.